The molecule has 2 aliphatic carbocycles. The van der Waals surface area contributed by atoms with Gasteiger partial charge in [0.15, 0.2) is 0 Å². The third-order valence-corrected chi connectivity index (χ3v) is 12.9. The first-order valence-corrected chi connectivity index (χ1v) is 10.5. The van der Waals surface area contributed by atoms with E-state index in [0.29, 0.717) is 0 Å². The van der Waals surface area contributed by atoms with Crippen LogP contribution in [0.2, 0.25) is 0 Å². The van der Waals surface area contributed by atoms with Gasteiger partial charge in [0.05, 0.1) is 0 Å². The van der Waals surface area contributed by atoms with Gasteiger partial charge in [0.1, 0.15) is 0 Å². The molecule has 1 saturated heterocycles. The van der Waals surface area contributed by atoms with Gasteiger partial charge >= 0.3 is 0 Å². The van der Waals surface area contributed by atoms with Gasteiger partial charge in [0, 0.05) is 10.5 Å². The van der Waals surface area contributed by atoms with Crippen LogP contribution in [-0.4, -0.2) is 10.5 Å². The van der Waals surface area contributed by atoms with Crippen LogP contribution in [0.1, 0.15) is 19.3 Å². The molecule has 0 aromatic rings. The normalized spacial score (nSPS) is 52.0. The van der Waals surface area contributed by atoms with Crippen molar-refractivity contribution in [2.75, 3.05) is 0 Å². The maximum atomic E-state index is 2.16. The van der Waals surface area contributed by atoms with E-state index in [2.05, 4.69) is 21.6 Å². The van der Waals surface area contributed by atoms with Gasteiger partial charge in [-0.15, -0.1) is 0 Å². The van der Waals surface area contributed by atoms with E-state index in [4.69, 9.17) is 0 Å². The average molecular weight is 254 g/mol. The fraction of sp³-hybridized carbons (Fsp3) is 1.00. The molecule has 1 aliphatic heterocycles. The molecule has 0 N–H and O–H groups in total. The monoisotopic (exact) mass is 254 g/mol. The Bertz CT molecular complexity index is 167. The van der Waals surface area contributed by atoms with Gasteiger partial charge in [-0.05, 0) is 60.6 Å². The molecule has 3 fully saturated rings. The highest BCUT2D eigenvalue weighted by atomic mass is 33.8. The second-order valence-electron chi connectivity index (χ2n) is 3.66. The van der Waals surface area contributed by atoms with Crippen LogP contribution in [0.15, 0.2) is 0 Å². The number of hydrogen-bond acceptors (Lipinski definition) is 5. The van der Waals surface area contributed by atoms with Crippen LogP contribution >= 0.6 is 51.1 Å². The molecule has 2 saturated carbocycles. The van der Waals surface area contributed by atoms with Crippen LogP contribution < -0.4 is 0 Å². The van der Waals surface area contributed by atoms with Crippen molar-refractivity contribution in [1.29, 1.82) is 0 Å². The number of rotatable bonds is 0. The summed E-state index contributed by atoms with van der Waals surface area (Å²) >= 11 is 0. The topological polar surface area (TPSA) is 0 Å². The zero-order chi connectivity index (χ0) is 7.97. The van der Waals surface area contributed by atoms with Crippen molar-refractivity contribution in [2.24, 2.45) is 11.8 Å². The Morgan fingerprint density at radius 3 is 1.92 bits per heavy atom. The van der Waals surface area contributed by atoms with Crippen LogP contribution in [0.5, 0.6) is 0 Å². The van der Waals surface area contributed by atoms with E-state index in [1.807, 2.05) is 29.5 Å². The summed E-state index contributed by atoms with van der Waals surface area (Å²) in [5.41, 5.74) is 0. The zero-order valence-electron chi connectivity index (χ0n) is 6.47. The quantitative estimate of drug-likeness (QED) is 0.582. The Labute approximate surface area is 92.1 Å². The summed E-state index contributed by atoms with van der Waals surface area (Å²) in [7, 11) is 10.3. The van der Waals surface area contributed by atoms with Gasteiger partial charge in [0.25, 0.3) is 0 Å². The van der Waals surface area contributed by atoms with E-state index >= 15 is 0 Å². The number of hydrogen-bond donors (Lipinski definition) is 0. The van der Waals surface area contributed by atoms with E-state index < -0.39 is 0 Å². The third-order valence-electron chi connectivity index (χ3n) is 3.12. The molecule has 0 aromatic heterocycles. The zero-order valence-corrected chi connectivity index (χ0v) is 10.6. The molecule has 0 nitrogen and oxygen atoms in total. The molecular formula is C7H10S5. The summed E-state index contributed by atoms with van der Waals surface area (Å²) < 4.78 is 0. The van der Waals surface area contributed by atoms with E-state index in [-0.39, 0.29) is 0 Å². The molecule has 2 unspecified atom stereocenters. The lowest BCUT2D eigenvalue weighted by molar-refractivity contribution is 0.507. The molecule has 1 heterocycles. The fourth-order valence-electron chi connectivity index (χ4n) is 2.59. The molecule has 3 rings (SSSR count). The Morgan fingerprint density at radius 2 is 1.33 bits per heavy atom. The molecule has 0 spiro atoms. The number of fused-ring (bicyclic) bond motifs is 5. The Morgan fingerprint density at radius 1 is 0.750 bits per heavy atom. The first-order chi connectivity index (χ1) is 5.95. The summed E-state index contributed by atoms with van der Waals surface area (Å²) in [5.74, 6) is 2.15. The van der Waals surface area contributed by atoms with E-state index in [1.165, 1.54) is 12.8 Å². The first kappa shape index (κ1) is 9.01. The van der Waals surface area contributed by atoms with Crippen LogP contribution in [-0.2, 0) is 0 Å². The van der Waals surface area contributed by atoms with Crippen LogP contribution in [0.25, 0.3) is 0 Å². The van der Waals surface area contributed by atoms with Gasteiger partial charge in [-0.25, -0.2) is 0 Å². The predicted molar refractivity (Wildman–Crippen MR) is 66.4 cm³/mol. The van der Waals surface area contributed by atoms with Crippen molar-refractivity contribution in [1.82, 2.24) is 0 Å². The van der Waals surface area contributed by atoms with E-state index in [9.17, 15) is 0 Å². The SMILES string of the molecule is C1C[C@H]2C[C@@H]1C1SSSSSC12. The molecule has 0 aromatic carbocycles. The average Bonchev–Trinajstić information content (AvgIpc) is 2.58. The third kappa shape index (κ3) is 1.44. The second kappa shape index (κ2) is 3.72. The minimum atomic E-state index is 0.987. The molecular weight excluding hydrogens is 244 g/mol. The highest BCUT2D eigenvalue weighted by molar-refractivity contribution is 9.36. The van der Waals surface area contributed by atoms with Gasteiger partial charge in [-0.2, -0.15) is 0 Å². The van der Waals surface area contributed by atoms with E-state index in [0.717, 1.165) is 22.3 Å². The molecule has 0 radical (unpaired) electrons. The van der Waals surface area contributed by atoms with Crippen LogP contribution in [0.3, 0.4) is 0 Å². The first-order valence-electron chi connectivity index (χ1n) is 4.27. The van der Waals surface area contributed by atoms with Crippen LogP contribution in [0.4, 0.5) is 0 Å². The molecule has 68 valence electrons. The smallest absolute Gasteiger partial charge is 0.0318 e. The van der Waals surface area contributed by atoms with E-state index in [1.54, 1.807) is 6.42 Å². The molecule has 5 heteroatoms. The van der Waals surface area contributed by atoms with Crippen molar-refractivity contribution in [2.45, 2.75) is 29.8 Å². The van der Waals surface area contributed by atoms with Gasteiger partial charge in [0.2, 0.25) is 0 Å². The molecule has 0 amide bonds. The fourth-order valence-corrected chi connectivity index (χ4v) is 14.1. The minimum Gasteiger partial charge on any atom is -0.0768 e. The molecule has 4 atom stereocenters. The molecule has 2 bridgehead atoms. The van der Waals surface area contributed by atoms with Gasteiger partial charge in [-0.1, -0.05) is 21.6 Å². The highest BCUT2D eigenvalue weighted by Gasteiger charge is 2.49. The maximum Gasteiger partial charge on any atom is 0.0318 e. The van der Waals surface area contributed by atoms with Crippen molar-refractivity contribution >= 4 is 51.1 Å². The van der Waals surface area contributed by atoms with Gasteiger partial charge in [-0.3, -0.25) is 0 Å². The summed E-state index contributed by atoms with van der Waals surface area (Å²) in [5, 5.41) is 1.97. The largest absolute Gasteiger partial charge is 0.0768 e. The Kier molecular flexibility index (Phi) is 2.79. The lowest BCUT2D eigenvalue weighted by Crippen LogP contribution is -2.25. The lowest BCUT2D eigenvalue weighted by atomic mass is 10.00. The lowest BCUT2D eigenvalue weighted by Gasteiger charge is -2.26. The maximum absolute atomic E-state index is 2.16. The Balaban J connectivity index is 1.81. The summed E-state index contributed by atoms with van der Waals surface area (Å²) in [6.07, 6.45) is 4.59. The summed E-state index contributed by atoms with van der Waals surface area (Å²) in [6.45, 7) is 0. The minimum absolute atomic E-state index is 0.987. The predicted octanol–water partition coefficient (Wildman–Crippen LogP) is 4.49. The van der Waals surface area contributed by atoms with Crippen LogP contribution in [0, 0.1) is 11.8 Å². The Hall–Kier alpha value is 1.75. The van der Waals surface area contributed by atoms with Crippen molar-refractivity contribution < 1.29 is 0 Å². The summed E-state index contributed by atoms with van der Waals surface area (Å²) in [6, 6.07) is 0. The molecule has 3 aliphatic rings. The standard InChI is InChI=1S/C7H10S5/c1-2-5-3-4(1)6-7(5)9-11-12-10-8-6/h4-7H,1-3H2/t4-,5+,6?,7?. The van der Waals surface area contributed by atoms with Crippen molar-refractivity contribution in [3.8, 4) is 0 Å². The van der Waals surface area contributed by atoms with Crippen molar-refractivity contribution in [3.05, 3.63) is 0 Å². The molecule has 12 heavy (non-hydrogen) atoms. The second-order valence-corrected chi connectivity index (χ2v) is 11.6. The van der Waals surface area contributed by atoms with Crippen molar-refractivity contribution in [3.63, 3.8) is 0 Å². The summed E-state index contributed by atoms with van der Waals surface area (Å²) in [4.78, 5) is 0. The highest BCUT2D eigenvalue weighted by Crippen LogP contribution is 2.65. The van der Waals surface area contributed by atoms with Gasteiger partial charge < -0.3 is 0 Å².